The average molecular weight is 314 g/mol. The third kappa shape index (κ3) is 3.56. The standard InChI is InChI=1S/C16H14N2OS2/c19-16(18-21-11-13-7-4-10-20-13)17-15-9-3-6-12-5-1-2-8-14(12)15/h1-10H,11H2,(H2,17,18,19). The smallest absolute Gasteiger partial charge is 0.307 e. The number of amides is 2. The van der Waals surface area contributed by atoms with Gasteiger partial charge in [-0.05, 0) is 34.8 Å². The summed E-state index contributed by atoms with van der Waals surface area (Å²) in [6, 6.07) is 17.7. The highest BCUT2D eigenvalue weighted by molar-refractivity contribution is 7.97. The molecule has 0 saturated carbocycles. The van der Waals surface area contributed by atoms with E-state index in [0.717, 1.165) is 22.2 Å². The summed E-state index contributed by atoms with van der Waals surface area (Å²) in [4.78, 5) is 13.2. The Morgan fingerprint density at radius 2 is 1.90 bits per heavy atom. The summed E-state index contributed by atoms with van der Waals surface area (Å²) in [6.07, 6.45) is 0. The highest BCUT2D eigenvalue weighted by Gasteiger charge is 2.05. The summed E-state index contributed by atoms with van der Waals surface area (Å²) in [6.45, 7) is 0. The number of carbonyl (C=O) groups is 1. The van der Waals surface area contributed by atoms with E-state index >= 15 is 0 Å². The molecule has 2 aromatic carbocycles. The number of hydrogen-bond donors (Lipinski definition) is 2. The number of thiophene rings is 1. The number of carbonyl (C=O) groups excluding carboxylic acids is 1. The lowest BCUT2D eigenvalue weighted by atomic mass is 10.1. The second kappa shape index (κ2) is 6.65. The fraction of sp³-hybridized carbons (Fsp3) is 0.0625. The first-order valence-electron chi connectivity index (χ1n) is 6.52. The maximum absolute atomic E-state index is 11.9. The summed E-state index contributed by atoms with van der Waals surface area (Å²) >= 11 is 3.08. The Morgan fingerprint density at radius 1 is 1.05 bits per heavy atom. The van der Waals surface area contributed by atoms with E-state index in [-0.39, 0.29) is 6.03 Å². The third-order valence-electron chi connectivity index (χ3n) is 3.00. The zero-order valence-corrected chi connectivity index (χ0v) is 12.8. The first-order valence-corrected chi connectivity index (χ1v) is 8.38. The SMILES string of the molecule is O=C(NSCc1cccs1)Nc1cccc2ccccc12. The van der Waals surface area contributed by atoms with Crippen LogP contribution in [0.2, 0.25) is 0 Å². The quantitative estimate of drug-likeness (QED) is 0.674. The van der Waals surface area contributed by atoms with Crippen LogP contribution in [0.25, 0.3) is 10.8 Å². The molecule has 106 valence electrons. The first kappa shape index (κ1) is 14.0. The summed E-state index contributed by atoms with van der Waals surface area (Å²) in [7, 11) is 0. The molecule has 0 saturated heterocycles. The normalized spacial score (nSPS) is 10.5. The Balaban J connectivity index is 1.61. The van der Waals surface area contributed by atoms with Gasteiger partial charge in [-0.3, -0.25) is 4.72 Å². The zero-order chi connectivity index (χ0) is 14.5. The Labute approximate surface area is 131 Å². The molecule has 0 atom stereocenters. The maximum atomic E-state index is 11.9. The van der Waals surface area contributed by atoms with Crippen LogP contribution in [0.4, 0.5) is 10.5 Å². The number of fused-ring (bicyclic) bond motifs is 1. The monoisotopic (exact) mass is 314 g/mol. The number of hydrogen-bond acceptors (Lipinski definition) is 3. The van der Waals surface area contributed by atoms with Crippen LogP contribution < -0.4 is 10.0 Å². The van der Waals surface area contributed by atoms with Gasteiger partial charge < -0.3 is 5.32 Å². The molecule has 3 rings (SSSR count). The van der Waals surface area contributed by atoms with E-state index in [1.807, 2.05) is 53.9 Å². The number of urea groups is 1. The Morgan fingerprint density at radius 3 is 2.76 bits per heavy atom. The Bertz CT molecular complexity index is 736. The van der Waals surface area contributed by atoms with Crippen LogP contribution in [0.15, 0.2) is 60.0 Å². The van der Waals surface area contributed by atoms with Crippen molar-refractivity contribution < 1.29 is 4.79 Å². The van der Waals surface area contributed by atoms with Crippen LogP contribution in [0.3, 0.4) is 0 Å². The second-order valence-electron chi connectivity index (χ2n) is 4.45. The predicted octanol–water partition coefficient (Wildman–Crippen LogP) is 4.87. The van der Waals surface area contributed by atoms with Crippen LogP contribution >= 0.6 is 23.3 Å². The predicted molar refractivity (Wildman–Crippen MR) is 91.7 cm³/mol. The molecule has 3 aromatic rings. The molecule has 21 heavy (non-hydrogen) atoms. The highest BCUT2D eigenvalue weighted by Crippen LogP contribution is 2.23. The topological polar surface area (TPSA) is 41.1 Å². The van der Waals surface area contributed by atoms with E-state index in [9.17, 15) is 4.79 Å². The zero-order valence-electron chi connectivity index (χ0n) is 11.2. The van der Waals surface area contributed by atoms with Gasteiger partial charge in [0, 0.05) is 16.0 Å². The van der Waals surface area contributed by atoms with Gasteiger partial charge in [-0.15, -0.1) is 11.3 Å². The van der Waals surface area contributed by atoms with Gasteiger partial charge >= 0.3 is 6.03 Å². The summed E-state index contributed by atoms with van der Waals surface area (Å²) < 4.78 is 2.81. The van der Waals surface area contributed by atoms with Gasteiger partial charge in [0.2, 0.25) is 0 Å². The van der Waals surface area contributed by atoms with Crippen LogP contribution in [0, 0.1) is 0 Å². The van der Waals surface area contributed by atoms with E-state index in [0.29, 0.717) is 0 Å². The van der Waals surface area contributed by atoms with E-state index in [1.54, 1.807) is 11.3 Å². The first-order chi connectivity index (χ1) is 10.3. The Kier molecular flexibility index (Phi) is 4.43. The van der Waals surface area contributed by atoms with Crippen molar-refractivity contribution in [3.8, 4) is 0 Å². The molecule has 1 heterocycles. The minimum absolute atomic E-state index is 0.201. The minimum atomic E-state index is -0.201. The van der Waals surface area contributed by atoms with Crippen molar-refractivity contribution in [1.29, 1.82) is 0 Å². The molecule has 0 fully saturated rings. The lowest BCUT2D eigenvalue weighted by molar-refractivity contribution is 0.257. The molecule has 2 N–H and O–H groups in total. The van der Waals surface area contributed by atoms with Crippen molar-refractivity contribution >= 4 is 45.8 Å². The molecule has 5 heteroatoms. The van der Waals surface area contributed by atoms with Crippen molar-refractivity contribution in [2.45, 2.75) is 5.75 Å². The number of rotatable bonds is 4. The van der Waals surface area contributed by atoms with Crippen molar-refractivity contribution in [3.05, 3.63) is 64.9 Å². The number of anilines is 1. The molecular weight excluding hydrogens is 300 g/mol. The number of benzene rings is 2. The van der Waals surface area contributed by atoms with Crippen molar-refractivity contribution in [2.24, 2.45) is 0 Å². The van der Waals surface area contributed by atoms with Gasteiger partial charge in [-0.2, -0.15) is 0 Å². The summed E-state index contributed by atoms with van der Waals surface area (Å²) in [5.41, 5.74) is 0.822. The largest absolute Gasteiger partial charge is 0.329 e. The van der Waals surface area contributed by atoms with Crippen LogP contribution in [-0.2, 0) is 5.75 Å². The molecule has 0 bridgehead atoms. The van der Waals surface area contributed by atoms with Gasteiger partial charge in [0.05, 0.1) is 5.69 Å². The molecule has 0 radical (unpaired) electrons. The van der Waals surface area contributed by atoms with Gasteiger partial charge in [0.1, 0.15) is 0 Å². The summed E-state index contributed by atoms with van der Waals surface area (Å²) in [5.74, 6) is 0.778. The van der Waals surface area contributed by atoms with E-state index in [2.05, 4.69) is 16.1 Å². The average Bonchev–Trinajstić information content (AvgIpc) is 3.01. The molecule has 0 aliphatic heterocycles. The summed E-state index contributed by atoms with van der Waals surface area (Å²) in [5, 5.41) is 7.08. The maximum Gasteiger partial charge on any atom is 0.329 e. The van der Waals surface area contributed by atoms with Crippen LogP contribution in [-0.4, -0.2) is 6.03 Å². The van der Waals surface area contributed by atoms with Gasteiger partial charge in [0.15, 0.2) is 0 Å². The molecule has 0 unspecified atom stereocenters. The third-order valence-corrected chi connectivity index (χ3v) is 4.84. The second-order valence-corrected chi connectivity index (χ2v) is 6.26. The minimum Gasteiger partial charge on any atom is -0.307 e. The molecule has 0 aliphatic rings. The van der Waals surface area contributed by atoms with Crippen molar-refractivity contribution in [2.75, 3.05) is 5.32 Å². The molecule has 1 aromatic heterocycles. The number of nitrogens with one attached hydrogen (secondary N) is 2. The van der Waals surface area contributed by atoms with Crippen LogP contribution in [0.5, 0.6) is 0 Å². The molecular formula is C16H14N2OS2. The lowest BCUT2D eigenvalue weighted by Gasteiger charge is -2.09. The van der Waals surface area contributed by atoms with Crippen molar-refractivity contribution in [3.63, 3.8) is 0 Å². The molecule has 2 amide bonds. The van der Waals surface area contributed by atoms with Crippen molar-refractivity contribution in [1.82, 2.24) is 4.72 Å². The van der Waals surface area contributed by atoms with Gasteiger partial charge in [0.25, 0.3) is 0 Å². The highest BCUT2D eigenvalue weighted by atomic mass is 32.2. The van der Waals surface area contributed by atoms with E-state index in [4.69, 9.17) is 0 Å². The van der Waals surface area contributed by atoms with E-state index < -0.39 is 0 Å². The fourth-order valence-corrected chi connectivity index (χ4v) is 3.48. The molecule has 0 aliphatic carbocycles. The fourth-order valence-electron chi connectivity index (χ4n) is 2.05. The van der Waals surface area contributed by atoms with Gasteiger partial charge in [-0.25, -0.2) is 4.79 Å². The van der Waals surface area contributed by atoms with E-state index in [1.165, 1.54) is 16.8 Å². The Hall–Kier alpha value is -1.98. The molecule has 0 spiro atoms. The van der Waals surface area contributed by atoms with Crippen LogP contribution in [0.1, 0.15) is 4.88 Å². The molecule has 3 nitrogen and oxygen atoms in total. The lowest BCUT2D eigenvalue weighted by Crippen LogP contribution is -2.22. The van der Waals surface area contributed by atoms with Gasteiger partial charge in [-0.1, -0.05) is 42.5 Å².